The van der Waals surface area contributed by atoms with Gasteiger partial charge in [-0.05, 0) is 43.7 Å². The third-order valence-electron chi connectivity index (χ3n) is 4.19. The van der Waals surface area contributed by atoms with Crippen molar-refractivity contribution in [1.82, 2.24) is 9.47 Å². The van der Waals surface area contributed by atoms with Gasteiger partial charge < -0.3 is 9.67 Å². The first-order valence-electron chi connectivity index (χ1n) is 8.10. The number of carbonyl (C=O) groups excluding carboxylic acids is 1. The Morgan fingerprint density at radius 3 is 2.62 bits per heavy atom. The normalized spacial score (nSPS) is 15.9. The molecule has 0 atom stereocenters. The molecule has 0 saturated carbocycles. The maximum Gasteiger partial charge on any atom is 0.305 e. The van der Waals surface area contributed by atoms with E-state index in [4.69, 9.17) is 17.3 Å². The molecular weight excluding hydrogens is 368 g/mol. The Labute approximate surface area is 161 Å². The summed E-state index contributed by atoms with van der Waals surface area (Å²) in [6, 6.07) is 12.1. The lowest BCUT2D eigenvalue weighted by Crippen LogP contribution is -2.30. The summed E-state index contributed by atoms with van der Waals surface area (Å²) in [5, 5.41) is 8.82. The van der Waals surface area contributed by atoms with Crippen LogP contribution in [0.1, 0.15) is 23.4 Å². The minimum absolute atomic E-state index is 0.0976. The summed E-state index contributed by atoms with van der Waals surface area (Å²) in [6.07, 6.45) is 1.71. The maximum atomic E-state index is 12.6. The predicted molar refractivity (Wildman–Crippen MR) is 107 cm³/mol. The second kappa shape index (κ2) is 7.47. The summed E-state index contributed by atoms with van der Waals surface area (Å²) in [7, 11) is 0. The number of carbonyl (C=O) groups is 2. The van der Waals surface area contributed by atoms with Gasteiger partial charge in [-0.1, -0.05) is 42.2 Å². The molecule has 2 aromatic rings. The highest BCUT2D eigenvalue weighted by molar-refractivity contribution is 8.26. The molecule has 2 heterocycles. The van der Waals surface area contributed by atoms with Crippen molar-refractivity contribution in [1.29, 1.82) is 0 Å². The number of thiocarbonyl (C=S) groups is 1. The van der Waals surface area contributed by atoms with E-state index in [1.165, 1.54) is 16.7 Å². The number of hydrogen-bond donors (Lipinski definition) is 1. The summed E-state index contributed by atoms with van der Waals surface area (Å²) in [5.41, 5.74) is 4.12. The third kappa shape index (κ3) is 3.59. The van der Waals surface area contributed by atoms with Crippen LogP contribution in [0.15, 0.2) is 41.3 Å². The summed E-state index contributed by atoms with van der Waals surface area (Å²) >= 11 is 6.45. The van der Waals surface area contributed by atoms with Gasteiger partial charge >= 0.3 is 5.97 Å². The Hall–Kier alpha value is -2.38. The van der Waals surface area contributed by atoms with Crippen molar-refractivity contribution in [3.63, 3.8) is 0 Å². The van der Waals surface area contributed by atoms with Crippen molar-refractivity contribution in [2.24, 2.45) is 0 Å². The van der Waals surface area contributed by atoms with Gasteiger partial charge in [0, 0.05) is 23.6 Å². The Morgan fingerprint density at radius 1 is 1.27 bits per heavy atom. The highest BCUT2D eigenvalue weighted by atomic mass is 32.2. The summed E-state index contributed by atoms with van der Waals surface area (Å²) < 4.78 is 2.54. The number of amides is 1. The number of thioether (sulfide) groups is 1. The van der Waals surface area contributed by atoms with Gasteiger partial charge in [-0.2, -0.15) is 0 Å². The molecule has 1 aliphatic heterocycles. The Bertz CT molecular complexity index is 916. The topological polar surface area (TPSA) is 62.5 Å². The fraction of sp³-hybridized carbons (Fsp3) is 0.211. The lowest BCUT2D eigenvalue weighted by molar-refractivity contribution is -0.137. The fourth-order valence-corrected chi connectivity index (χ4v) is 4.25. The summed E-state index contributed by atoms with van der Waals surface area (Å²) in [6.45, 7) is 4.13. The molecule has 3 rings (SSSR count). The molecule has 26 heavy (non-hydrogen) atoms. The number of carboxylic acids is 1. The third-order valence-corrected chi connectivity index (χ3v) is 5.57. The van der Waals surface area contributed by atoms with Crippen molar-refractivity contribution >= 4 is 46.3 Å². The quantitative estimate of drug-likeness (QED) is 0.626. The molecule has 0 unspecified atom stereocenters. The van der Waals surface area contributed by atoms with E-state index in [0.29, 0.717) is 9.23 Å². The zero-order valence-electron chi connectivity index (χ0n) is 14.4. The van der Waals surface area contributed by atoms with Crippen molar-refractivity contribution in [2.45, 2.75) is 20.3 Å². The van der Waals surface area contributed by atoms with Gasteiger partial charge in [0.2, 0.25) is 0 Å². The molecular formula is C19H18N2O3S2. The first kappa shape index (κ1) is 18.4. The number of aromatic nitrogens is 1. The largest absolute Gasteiger partial charge is 0.481 e. The fourth-order valence-electron chi connectivity index (χ4n) is 2.95. The van der Waals surface area contributed by atoms with Crippen molar-refractivity contribution < 1.29 is 14.7 Å². The summed E-state index contributed by atoms with van der Waals surface area (Å²) in [4.78, 5) is 25.2. The average molecular weight is 386 g/mol. The number of aliphatic carboxylic acids is 1. The van der Waals surface area contributed by atoms with Gasteiger partial charge in [0.15, 0.2) is 0 Å². The first-order chi connectivity index (χ1) is 12.4. The zero-order valence-corrected chi connectivity index (χ0v) is 16.1. The molecule has 5 nitrogen and oxygen atoms in total. The molecule has 0 spiro atoms. The molecule has 1 saturated heterocycles. The molecule has 1 aromatic heterocycles. The van der Waals surface area contributed by atoms with Crippen LogP contribution in [0.3, 0.4) is 0 Å². The molecule has 0 bridgehead atoms. The van der Waals surface area contributed by atoms with E-state index >= 15 is 0 Å². The van der Waals surface area contributed by atoms with E-state index in [-0.39, 0.29) is 18.9 Å². The van der Waals surface area contributed by atoms with Gasteiger partial charge in [-0.15, -0.1) is 0 Å². The number of rotatable bonds is 5. The van der Waals surface area contributed by atoms with Crippen LogP contribution in [0.2, 0.25) is 0 Å². The molecule has 1 N–H and O–H groups in total. The van der Waals surface area contributed by atoms with Crippen LogP contribution in [0.25, 0.3) is 11.8 Å². The standard InChI is InChI=1S/C19H18N2O3S2/c1-12-10-14(13(2)21(12)15-6-4-3-5-7-15)11-16-18(24)20(19(25)26-16)9-8-17(22)23/h3-7,10-11H,8-9H2,1-2H3,(H,22,23)/b16-11-. The Kier molecular flexibility index (Phi) is 5.29. The number of nitrogens with zero attached hydrogens (tertiary/aromatic N) is 2. The van der Waals surface area contributed by atoms with E-state index in [0.717, 1.165) is 22.6 Å². The van der Waals surface area contributed by atoms with E-state index in [2.05, 4.69) is 4.57 Å². The van der Waals surface area contributed by atoms with E-state index in [1.807, 2.05) is 56.3 Å². The van der Waals surface area contributed by atoms with Gasteiger partial charge in [-0.3, -0.25) is 14.5 Å². The highest BCUT2D eigenvalue weighted by Crippen LogP contribution is 2.34. The minimum Gasteiger partial charge on any atom is -0.481 e. The number of benzene rings is 1. The number of carboxylic acid groups (broad SMARTS) is 1. The predicted octanol–water partition coefficient (Wildman–Crippen LogP) is 3.77. The van der Waals surface area contributed by atoms with Crippen LogP contribution in [0.4, 0.5) is 0 Å². The van der Waals surface area contributed by atoms with E-state index in [1.54, 1.807) is 0 Å². The second-order valence-corrected chi connectivity index (χ2v) is 7.65. The SMILES string of the molecule is Cc1cc(/C=C2\SC(=S)N(CCC(=O)O)C2=O)c(C)n1-c1ccccc1. The average Bonchev–Trinajstić information content (AvgIpc) is 3.02. The van der Waals surface area contributed by atoms with Crippen LogP contribution >= 0.6 is 24.0 Å². The van der Waals surface area contributed by atoms with Crippen molar-refractivity contribution in [2.75, 3.05) is 6.54 Å². The molecule has 7 heteroatoms. The smallest absolute Gasteiger partial charge is 0.305 e. The number of hydrogen-bond acceptors (Lipinski definition) is 4. The second-order valence-electron chi connectivity index (χ2n) is 5.97. The Balaban J connectivity index is 1.90. The number of aryl methyl sites for hydroxylation is 1. The van der Waals surface area contributed by atoms with E-state index < -0.39 is 5.97 Å². The highest BCUT2D eigenvalue weighted by Gasteiger charge is 2.32. The van der Waals surface area contributed by atoms with Crippen LogP contribution in [-0.4, -0.2) is 37.3 Å². The van der Waals surface area contributed by atoms with E-state index in [9.17, 15) is 9.59 Å². The Morgan fingerprint density at radius 2 is 1.96 bits per heavy atom. The molecule has 1 fully saturated rings. The van der Waals surface area contributed by atoms with Crippen LogP contribution in [0.5, 0.6) is 0 Å². The molecule has 1 aromatic carbocycles. The monoisotopic (exact) mass is 386 g/mol. The zero-order chi connectivity index (χ0) is 18.8. The molecule has 134 valence electrons. The lowest BCUT2D eigenvalue weighted by atomic mass is 10.2. The molecule has 1 amide bonds. The van der Waals surface area contributed by atoms with Gasteiger partial charge in [-0.25, -0.2) is 0 Å². The first-order valence-corrected chi connectivity index (χ1v) is 9.32. The molecule has 0 radical (unpaired) electrons. The lowest BCUT2D eigenvalue weighted by Gasteiger charge is -2.12. The van der Waals surface area contributed by atoms with Crippen molar-refractivity contribution in [3.8, 4) is 5.69 Å². The van der Waals surface area contributed by atoms with Gasteiger partial charge in [0.25, 0.3) is 5.91 Å². The molecule has 0 aliphatic carbocycles. The maximum absolute atomic E-state index is 12.6. The summed E-state index contributed by atoms with van der Waals surface area (Å²) in [5.74, 6) is -1.18. The van der Waals surface area contributed by atoms with Gasteiger partial charge in [0.1, 0.15) is 4.32 Å². The van der Waals surface area contributed by atoms with Gasteiger partial charge in [0.05, 0.1) is 11.3 Å². The minimum atomic E-state index is -0.950. The van der Waals surface area contributed by atoms with Crippen LogP contribution in [0, 0.1) is 13.8 Å². The van der Waals surface area contributed by atoms with Crippen molar-refractivity contribution in [3.05, 3.63) is 58.3 Å². The number of para-hydroxylation sites is 1. The molecule has 1 aliphatic rings. The van der Waals surface area contributed by atoms with Crippen LogP contribution in [-0.2, 0) is 9.59 Å². The van der Waals surface area contributed by atoms with Crippen LogP contribution < -0.4 is 0 Å².